The van der Waals surface area contributed by atoms with Crippen molar-refractivity contribution in [2.75, 3.05) is 0 Å². The van der Waals surface area contributed by atoms with Crippen molar-refractivity contribution in [3.63, 3.8) is 0 Å². The monoisotopic (exact) mass is 302 g/mol. The summed E-state index contributed by atoms with van der Waals surface area (Å²) in [4.78, 5) is 10.5. The number of aliphatic carboxylic acids is 1. The topological polar surface area (TPSA) is 55.1 Å². The Hall–Kier alpha value is -2.38. The first-order valence-corrected chi connectivity index (χ1v) is 5.87. The van der Waals surface area contributed by atoms with E-state index in [1.165, 1.54) is 6.20 Å². The van der Waals surface area contributed by atoms with E-state index in [1.54, 1.807) is 0 Å². The van der Waals surface area contributed by atoms with Crippen LogP contribution in [0.25, 0.3) is 11.1 Å². The molecule has 1 heterocycles. The van der Waals surface area contributed by atoms with Crippen LogP contribution in [0.4, 0.5) is 17.6 Å². The predicted molar refractivity (Wildman–Crippen MR) is 64.9 cm³/mol. The lowest BCUT2D eigenvalue weighted by Crippen LogP contribution is -2.06. The molecule has 0 spiro atoms. The van der Waals surface area contributed by atoms with Gasteiger partial charge in [-0.3, -0.25) is 9.48 Å². The molecule has 112 valence electrons. The smallest absolute Gasteiger partial charge is 0.307 e. The second kappa shape index (κ2) is 5.94. The van der Waals surface area contributed by atoms with Crippen LogP contribution in [0, 0.1) is 11.6 Å². The van der Waals surface area contributed by atoms with Gasteiger partial charge in [-0.25, -0.2) is 17.6 Å². The largest absolute Gasteiger partial charge is 0.481 e. The average molecular weight is 302 g/mol. The Bertz CT molecular complexity index is 670. The molecule has 0 aliphatic rings. The van der Waals surface area contributed by atoms with Crippen LogP contribution in [0.5, 0.6) is 0 Å². The molecule has 0 amide bonds. The summed E-state index contributed by atoms with van der Waals surface area (Å²) in [6.07, 6.45) is -0.955. The van der Waals surface area contributed by atoms with Crippen LogP contribution in [0.1, 0.15) is 5.56 Å². The summed E-state index contributed by atoms with van der Waals surface area (Å²) in [5.41, 5.74) is -0.320. The first-order chi connectivity index (χ1) is 9.86. The molecule has 2 rings (SSSR count). The van der Waals surface area contributed by atoms with Crippen LogP contribution >= 0.6 is 0 Å². The Kier molecular flexibility index (Phi) is 4.25. The molecule has 1 aromatic heterocycles. The number of benzene rings is 1. The lowest BCUT2D eigenvalue weighted by Gasteiger charge is -2.05. The third-order valence-electron chi connectivity index (χ3n) is 2.75. The summed E-state index contributed by atoms with van der Waals surface area (Å²) in [5.74, 6) is -3.01. The number of nitrogens with zero attached hydrogens (tertiary/aromatic N) is 2. The number of carbonyl (C=O) groups is 1. The van der Waals surface area contributed by atoms with Crippen LogP contribution in [0.3, 0.4) is 0 Å². The standard InChI is InChI=1S/C13H10F4N2O2/c14-10-3-9(11(15)1-7(10)2-13(20)21)8-4-18-19(5-8)6-12(16)17/h1,3-5,12H,2,6H2,(H,20,21). The number of carboxylic acids is 1. The van der Waals surface area contributed by atoms with Gasteiger partial charge < -0.3 is 5.11 Å². The molecule has 0 aliphatic heterocycles. The maximum Gasteiger partial charge on any atom is 0.307 e. The third kappa shape index (κ3) is 3.59. The van der Waals surface area contributed by atoms with Crippen molar-refractivity contribution in [3.8, 4) is 11.1 Å². The van der Waals surface area contributed by atoms with Crippen molar-refractivity contribution < 1.29 is 27.5 Å². The van der Waals surface area contributed by atoms with Gasteiger partial charge in [0, 0.05) is 22.9 Å². The van der Waals surface area contributed by atoms with Gasteiger partial charge in [0.2, 0.25) is 0 Å². The number of rotatable bonds is 5. The second-order valence-electron chi connectivity index (χ2n) is 4.34. The van der Waals surface area contributed by atoms with E-state index in [9.17, 15) is 22.4 Å². The fourth-order valence-electron chi connectivity index (χ4n) is 1.85. The van der Waals surface area contributed by atoms with Gasteiger partial charge in [0.25, 0.3) is 6.43 Å². The number of hydrogen-bond acceptors (Lipinski definition) is 2. The summed E-state index contributed by atoms with van der Waals surface area (Å²) < 4.78 is 52.9. The highest BCUT2D eigenvalue weighted by Crippen LogP contribution is 2.25. The van der Waals surface area contributed by atoms with Gasteiger partial charge in [-0.1, -0.05) is 0 Å². The van der Waals surface area contributed by atoms with Crippen molar-refractivity contribution in [3.05, 3.63) is 41.7 Å². The summed E-state index contributed by atoms with van der Waals surface area (Å²) in [5, 5.41) is 12.2. The molecule has 0 saturated heterocycles. The van der Waals surface area contributed by atoms with Gasteiger partial charge in [0.05, 0.1) is 12.6 Å². The Morgan fingerprint density at radius 2 is 2.00 bits per heavy atom. The minimum atomic E-state index is -2.61. The van der Waals surface area contributed by atoms with E-state index in [1.807, 2.05) is 0 Å². The normalized spacial score (nSPS) is 11.1. The molecule has 8 heteroatoms. The van der Waals surface area contributed by atoms with E-state index in [-0.39, 0.29) is 16.7 Å². The van der Waals surface area contributed by atoms with E-state index >= 15 is 0 Å². The molecule has 0 atom stereocenters. The van der Waals surface area contributed by atoms with Crippen molar-refractivity contribution >= 4 is 5.97 Å². The first-order valence-electron chi connectivity index (χ1n) is 5.87. The number of carboxylic acid groups (broad SMARTS) is 1. The molecular weight excluding hydrogens is 292 g/mol. The molecule has 0 bridgehead atoms. The van der Waals surface area contributed by atoms with E-state index < -0.39 is 37.0 Å². The van der Waals surface area contributed by atoms with Gasteiger partial charge in [0.15, 0.2) is 0 Å². The van der Waals surface area contributed by atoms with E-state index in [0.717, 1.165) is 23.0 Å². The van der Waals surface area contributed by atoms with Gasteiger partial charge in [0.1, 0.15) is 18.2 Å². The maximum absolute atomic E-state index is 13.9. The third-order valence-corrected chi connectivity index (χ3v) is 2.75. The maximum atomic E-state index is 13.9. The molecule has 21 heavy (non-hydrogen) atoms. The second-order valence-corrected chi connectivity index (χ2v) is 4.34. The Labute approximate surface area is 116 Å². The van der Waals surface area contributed by atoms with Gasteiger partial charge in [-0.05, 0) is 12.1 Å². The quantitative estimate of drug-likeness (QED) is 0.864. The van der Waals surface area contributed by atoms with Gasteiger partial charge in [-0.2, -0.15) is 5.10 Å². The minimum Gasteiger partial charge on any atom is -0.481 e. The van der Waals surface area contributed by atoms with Crippen molar-refractivity contribution in [1.82, 2.24) is 9.78 Å². The van der Waals surface area contributed by atoms with Crippen molar-refractivity contribution in [2.45, 2.75) is 19.4 Å². The first kappa shape index (κ1) is 15.0. The van der Waals surface area contributed by atoms with Gasteiger partial charge >= 0.3 is 5.97 Å². The molecular formula is C13H10F4N2O2. The summed E-state index contributed by atoms with van der Waals surface area (Å²) in [7, 11) is 0. The van der Waals surface area contributed by atoms with Crippen molar-refractivity contribution in [2.24, 2.45) is 0 Å². The van der Waals surface area contributed by atoms with Gasteiger partial charge in [-0.15, -0.1) is 0 Å². The summed E-state index contributed by atoms with van der Waals surface area (Å²) in [6, 6.07) is 1.61. The van der Waals surface area contributed by atoms with E-state index in [4.69, 9.17) is 5.11 Å². The Morgan fingerprint density at radius 3 is 2.62 bits per heavy atom. The van der Waals surface area contributed by atoms with Crippen LogP contribution in [-0.2, 0) is 17.8 Å². The van der Waals surface area contributed by atoms with E-state index in [2.05, 4.69) is 5.10 Å². The molecule has 0 radical (unpaired) electrons. The Balaban J connectivity index is 2.34. The molecule has 2 aromatic rings. The highest BCUT2D eigenvalue weighted by Gasteiger charge is 2.15. The molecule has 4 nitrogen and oxygen atoms in total. The Morgan fingerprint density at radius 1 is 1.29 bits per heavy atom. The zero-order chi connectivity index (χ0) is 15.6. The van der Waals surface area contributed by atoms with Crippen LogP contribution in [0.2, 0.25) is 0 Å². The lowest BCUT2D eigenvalue weighted by atomic mass is 10.0. The molecule has 0 unspecified atom stereocenters. The highest BCUT2D eigenvalue weighted by atomic mass is 19.3. The predicted octanol–water partition coefficient (Wildman–Crippen LogP) is 2.72. The molecule has 0 fully saturated rings. The minimum absolute atomic E-state index is 0.133. The molecule has 1 N–H and O–H groups in total. The van der Waals surface area contributed by atoms with E-state index in [0.29, 0.717) is 0 Å². The lowest BCUT2D eigenvalue weighted by molar-refractivity contribution is -0.136. The number of hydrogen-bond donors (Lipinski definition) is 1. The SMILES string of the molecule is O=C(O)Cc1cc(F)c(-c2cnn(CC(F)F)c2)cc1F. The fraction of sp³-hybridized carbons (Fsp3) is 0.231. The zero-order valence-electron chi connectivity index (χ0n) is 10.6. The van der Waals surface area contributed by atoms with Crippen LogP contribution in [0.15, 0.2) is 24.5 Å². The van der Waals surface area contributed by atoms with Crippen molar-refractivity contribution in [1.29, 1.82) is 0 Å². The molecule has 0 aliphatic carbocycles. The number of halogens is 4. The summed E-state index contributed by atoms with van der Waals surface area (Å²) >= 11 is 0. The van der Waals surface area contributed by atoms with Crippen LogP contribution in [-0.4, -0.2) is 27.3 Å². The van der Waals surface area contributed by atoms with Crippen LogP contribution < -0.4 is 0 Å². The number of alkyl halides is 2. The number of aromatic nitrogens is 2. The zero-order valence-corrected chi connectivity index (χ0v) is 10.6. The highest BCUT2D eigenvalue weighted by molar-refractivity contribution is 5.71. The molecule has 1 aromatic carbocycles. The summed E-state index contributed by atoms with van der Waals surface area (Å²) in [6.45, 7) is -0.652. The molecule has 0 saturated carbocycles. The fourth-order valence-corrected chi connectivity index (χ4v) is 1.85. The average Bonchev–Trinajstić information content (AvgIpc) is 2.80.